The van der Waals surface area contributed by atoms with Gasteiger partial charge in [0.2, 0.25) is 0 Å². The second kappa shape index (κ2) is 38.6. The number of hydrogen-bond donors (Lipinski definition) is 5. The fourth-order valence-corrected chi connectivity index (χ4v) is 16.9. The molecule has 0 unspecified atom stereocenters. The standard InChI is InChI=1S/C27H24N4O3.2C26H21FN4O3.C25H26F2N6O/c1-15-13-20(9-10-21(15)27(32)33)26-22-11-8-19(25-16(2)30-34-18(25)4)14-24(22)31(29-26)17(3)23-7-5-6-12-28-23;1-14-24(16(3)34-30-14)17-7-10-20-23(13-17)31(15(2)22-6-4-5-11-28-22)29-25(20)19-9-8-18(26(32)33)12-21(19)27;1-14-24(16(3)34-30-14)17-7-10-20-23(13-17)31(15(2)22-6-4-5-11-28-22)29-25(20)18-8-9-19(26(32)33)21(27)12-18;1-15(21-7-5-6-10-29-21)31-22-11-18(23-16(2)32-34-17(23)3)8-9-20(22)24(28)19-12-30-33(13-19)14-25(4,26)27/h5-14,17H,1-4H3,(H,32,33);2*4-13,15H,1-3H3,(H,32,33);5-13,15,28,31H,14H2,1-4H3/t17-;3*15-/m0000/s1. The van der Waals surface area contributed by atoms with Gasteiger partial charge in [0.25, 0.3) is 5.92 Å². The average molecular weight is 1830 g/mol. The molecule has 12 aromatic heterocycles. The van der Waals surface area contributed by atoms with Gasteiger partial charge in [-0.15, -0.1) is 0 Å². The Morgan fingerprint density at radius 2 is 0.801 bits per heavy atom. The predicted molar refractivity (Wildman–Crippen MR) is 507 cm³/mol. The van der Waals surface area contributed by atoms with Gasteiger partial charge in [0, 0.05) is 110 Å². The Morgan fingerprint density at radius 3 is 1.18 bits per heavy atom. The molecular formula is C104H92F4N18O10. The number of benzene rings is 7. The highest BCUT2D eigenvalue weighted by molar-refractivity contribution is 6.14. The van der Waals surface area contributed by atoms with Gasteiger partial charge in [0.15, 0.2) is 0 Å². The van der Waals surface area contributed by atoms with Crippen LogP contribution in [0.25, 0.3) is 111 Å². The van der Waals surface area contributed by atoms with E-state index in [4.69, 9.17) is 38.8 Å². The fraction of sp³-hybridized carbons (Fsp3) is 0.192. The molecule has 7 aromatic carbocycles. The van der Waals surface area contributed by atoms with Gasteiger partial charge in [-0.05, 0) is 251 Å². The van der Waals surface area contributed by atoms with E-state index in [-0.39, 0.29) is 52.1 Å². The third-order valence-electron chi connectivity index (χ3n) is 23.7. The maximum atomic E-state index is 15.0. The number of aromatic nitrogens is 16. The lowest BCUT2D eigenvalue weighted by Crippen LogP contribution is -2.19. The van der Waals surface area contributed by atoms with Crippen molar-refractivity contribution in [2.75, 3.05) is 5.32 Å². The van der Waals surface area contributed by atoms with Crippen molar-refractivity contribution in [1.82, 2.24) is 79.7 Å². The van der Waals surface area contributed by atoms with E-state index in [1.807, 2.05) is 236 Å². The zero-order valence-electron chi connectivity index (χ0n) is 76.4. The van der Waals surface area contributed by atoms with Crippen molar-refractivity contribution in [2.24, 2.45) is 0 Å². The second-order valence-electron chi connectivity index (χ2n) is 33.3. The Kier molecular flexibility index (Phi) is 26.2. The lowest BCUT2D eigenvalue weighted by Gasteiger charge is -2.19. The number of hydrogen-bond acceptors (Lipinski definition) is 21. The molecule has 19 rings (SSSR count). The van der Waals surface area contributed by atoms with Gasteiger partial charge in [-0.25, -0.2) is 31.9 Å². The molecule has 0 spiro atoms. The van der Waals surface area contributed by atoms with Gasteiger partial charge in [0.1, 0.15) is 58.3 Å². The van der Waals surface area contributed by atoms with Crippen molar-refractivity contribution in [3.8, 4) is 78.3 Å². The Bertz CT molecular complexity index is 7410. The van der Waals surface area contributed by atoms with Crippen LogP contribution in [-0.2, 0) is 6.54 Å². The van der Waals surface area contributed by atoms with E-state index in [9.17, 15) is 42.9 Å². The summed E-state index contributed by atoms with van der Waals surface area (Å²) in [6, 6.07) is 59.1. The summed E-state index contributed by atoms with van der Waals surface area (Å²) in [7, 11) is 0. The summed E-state index contributed by atoms with van der Waals surface area (Å²) >= 11 is 0. The molecule has 0 saturated heterocycles. The lowest BCUT2D eigenvalue weighted by atomic mass is 9.96. The predicted octanol–water partition coefficient (Wildman–Crippen LogP) is 23.4. The topological polar surface area (TPSA) is 375 Å². The molecular weight excluding hydrogens is 1740 g/mol. The van der Waals surface area contributed by atoms with Crippen LogP contribution in [0, 0.1) is 79.4 Å². The minimum Gasteiger partial charge on any atom is -0.478 e. The van der Waals surface area contributed by atoms with E-state index in [2.05, 4.69) is 70.0 Å². The molecule has 0 amide bonds. The molecule has 0 fully saturated rings. The van der Waals surface area contributed by atoms with E-state index in [0.29, 0.717) is 56.6 Å². The van der Waals surface area contributed by atoms with E-state index in [1.165, 1.54) is 36.7 Å². The first-order chi connectivity index (χ1) is 65.2. The number of aryl methyl sites for hydroxylation is 9. The van der Waals surface area contributed by atoms with Crippen LogP contribution < -0.4 is 5.32 Å². The summed E-state index contributed by atoms with van der Waals surface area (Å²) in [5.74, 6) is -4.90. The zero-order valence-corrected chi connectivity index (χ0v) is 76.4. The van der Waals surface area contributed by atoms with Crippen molar-refractivity contribution < 1.29 is 65.4 Å². The van der Waals surface area contributed by atoms with Crippen LogP contribution in [0.4, 0.5) is 23.2 Å². The molecule has 0 saturated carbocycles. The molecule has 12 heterocycles. The van der Waals surface area contributed by atoms with Crippen LogP contribution in [0.1, 0.15) is 175 Å². The van der Waals surface area contributed by atoms with Gasteiger partial charge < -0.3 is 38.7 Å². The Hall–Kier alpha value is -16.8. The second-order valence-corrected chi connectivity index (χ2v) is 33.3. The number of alkyl halides is 2. The summed E-state index contributed by atoms with van der Waals surface area (Å²) in [6.07, 6.45) is 9.86. The number of pyridine rings is 4. The van der Waals surface area contributed by atoms with Crippen LogP contribution in [0.2, 0.25) is 0 Å². The smallest absolute Gasteiger partial charge is 0.338 e. The first-order valence-corrected chi connectivity index (χ1v) is 43.4. The molecule has 19 aromatic rings. The van der Waals surface area contributed by atoms with Gasteiger partial charge in [-0.1, -0.05) is 87.4 Å². The number of carbonyl (C=O) groups is 3. The van der Waals surface area contributed by atoms with Crippen LogP contribution in [0.15, 0.2) is 255 Å². The number of halogens is 4. The minimum absolute atomic E-state index is 0.114. The highest BCUT2D eigenvalue weighted by atomic mass is 19.3. The van der Waals surface area contributed by atoms with E-state index in [0.717, 1.165) is 157 Å². The van der Waals surface area contributed by atoms with E-state index >= 15 is 4.39 Å². The van der Waals surface area contributed by atoms with E-state index in [1.54, 1.807) is 43.8 Å². The summed E-state index contributed by atoms with van der Waals surface area (Å²) in [5.41, 5.74) is 22.3. The summed E-state index contributed by atoms with van der Waals surface area (Å²) in [5, 5.41) is 77.5. The van der Waals surface area contributed by atoms with Gasteiger partial charge in [-0.3, -0.25) is 44.1 Å². The largest absolute Gasteiger partial charge is 0.478 e. The molecule has 0 aliphatic heterocycles. The number of nitrogens with zero attached hydrogens (tertiary/aromatic N) is 16. The first kappa shape index (κ1) is 92.5. The molecule has 0 aliphatic carbocycles. The number of carboxylic acids is 3. The highest BCUT2D eigenvalue weighted by Crippen LogP contribution is 2.43. The number of aromatic carboxylic acids is 3. The van der Waals surface area contributed by atoms with Gasteiger partial charge >= 0.3 is 17.9 Å². The lowest BCUT2D eigenvalue weighted by molar-refractivity contribution is 0.000533. The normalized spacial score (nSPS) is 12.3. The summed E-state index contributed by atoms with van der Waals surface area (Å²) < 4.78 is 84.6. The van der Waals surface area contributed by atoms with Crippen molar-refractivity contribution in [3.63, 3.8) is 0 Å². The van der Waals surface area contributed by atoms with Crippen LogP contribution >= 0.6 is 0 Å². The maximum absolute atomic E-state index is 15.0. The Balaban J connectivity index is 0.000000131. The van der Waals surface area contributed by atoms with Crippen molar-refractivity contribution in [1.29, 1.82) is 5.41 Å². The Labute approximate surface area is 776 Å². The molecule has 0 radical (unpaired) electrons. The third kappa shape index (κ3) is 19.1. The monoisotopic (exact) mass is 1830 g/mol. The summed E-state index contributed by atoms with van der Waals surface area (Å²) in [4.78, 5) is 51.9. The van der Waals surface area contributed by atoms with Gasteiger partial charge in [-0.2, -0.15) is 20.4 Å². The quantitative estimate of drug-likeness (QED) is 0.0293. The molecule has 136 heavy (non-hydrogen) atoms. The Morgan fingerprint density at radius 1 is 0.419 bits per heavy atom. The molecule has 0 bridgehead atoms. The van der Waals surface area contributed by atoms with Crippen LogP contribution in [0.3, 0.4) is 0 Å². The highest BCUT2D eigenvalue weighted by Gasteiger charge is 2.30. The van der Waals surface area contributed by atoms with Crippen LogP contribution in [-0.4, -0.2) is 125 Å². The van der Waals surface area contributed by atoms with Crippen molar-refractivity contribution in [2.45, 2.75) is 134 Å². The molecule has 4 atom stereocenters. The number of rotatable bonds is 23. The molecule has 32 heteroatoms. The minimum atomic E-state index is -2.90. The third-order valence-corrected chi connectivity index (χ3v) is 23.7. The fourth-order valence-electron chi connectivity index (χ4n) is 16.9. The zero-order chi connectivity index (χ0) is 96.4. The number of carboxylic acid groups (broad SMARTS) is 3. The average Bonchev–Trinajstić information content (AvgIpc) is 1.61. The molecule has 686 valence electrons. The van der Waals surface area contributed by atoms with Crippen molar-refractivity contribution in [3.05, 3.63) is 351 Å². The molecule has 5 N–H and O–H groups in total. The van der Waals surface area contributed by atoms with E-state index < -0.39 is 42.0 Å². The van der Waals surface area contributed by atoms with Crippen molar-refractivity contribution >= 4 is 62.0 Å². The number of anilines is 1. The van der Waals surface area contributed by atoms with Crippen LogP contribution in [0.5, 0.6) is 0 Å². The SMILES string of the molecule is Cc1cc(-c2nn([C@@H](C)c3ccccn3)c3cc(-c4c(C)noc4C)ccc23)ccc1C(=O)O.Cc1noc(C)c1-c1ccc(C(=N)c2cnn(CC(C)(F)F)c2)c(N[C@@H](C)c2ccccn2)c1.Cc1noc(C)c1-c1ccc2c(-c3ccc(C(=O)O)c(F)c3)nn([C@@H](C)c3ccccn3)c2c1.Cc1noc(C)c1-c1ccc2c(-c3ccc(C(=O)O)cc3F)nn([C@@H](C)c3ccccn3)c2c1. The number of fused-ring (bicyclic) bond motifs is 3. The molecule has 0 aliphatic rings. The first-order valence-electron chi connectivity index (χ1n) is 43.4. The van der Waals surface area contributed by atoms with Gasteiger partial charge in [0.05, 0.1) is 115 Å². The number of nitrogens with one attached hydrogen (secondary N) is 2. The maximum Gasteiger partial charge on any atom is 0.338 e. The summed E-state index contributed by atoms with van der Waals surface area (Å²) in [6.45, 7) is 25.2. The molecule has 28 nitrogen and oxygen atoms in total.